The molecule has 2 aromatic carbocycles. The van der Waals surface area contributed by atoms with Crippen LogP contribution in [-0.4, -0.2) is 29.8 Å². The van der Waals surface area contributed by atoms with Crippen LogP contribution in [0.25, 0.3) is 0 Å². The smallest absolute Gasteiger partial charge is 0.242 e. The zero-order chi connectivity index (χ0) is 23.2. The Morgan fingerprint density at radius 2 is 1.71 bits per heavy atom. The third-order valence-corrected chi connectivity index (χ3v) is 6.02. The van der Waals surface area contributed by atoms with Crippen molar-refractivity contribution >= 4 is 35.0 Å². The van der Waals surface area contributed by atoms with Crippen LogP contribution < -0.4 is 5.32 Å². The van der Waals surface area contributed by atoms with E-state index in [1.807, 2.05) is 6.92 Å². The van der Waals surface area contributed by atoms with Gasteiger partial charge in [-0.05, 0) is 47.1 Å². The van der Waals surface area contributed by atoms with E-state index in [4.69, 9.17) is 23.2 Å². The molecule has 0 aliphatic carbocycles. The number of carbonyl (C=O) groups excluding carboxylic acids is 2. The van der Waals surface area contributed by atoms with Gasteiger partial charge in [-0.15, -0.1) is 0 Å². The fraction of sp³-hybridized carbons (Fsp3) is 0.440. The van der Waals surface area contributed by atoms with E-state index in [1.54, 1.807) is 30.1 Å². The minimum atomic E-state index is -0.562. The summed E-state index contributed by atoms with van der Waals surface area (Å²) in [7, 11) is 1.58. The maximum atomic E-state index is 13.2. The maximum absolute atomic E-state index is 13.2. The second kappa shape index (κ2) is 11.0. The summed E-state index contributed by atoms with van der Waals surface area (Å²) in [6.07, 6.45) is 1.43. The van der Waals surface area contributed by atoms with Gasteiger partial charge in [-0.25, -0.2) is 0 Å². The van der Waals surface area contributed by atoms with Crippen molar-refractivity contribution in [2.75, 3.05) is 7.05 Å². The standard InChI is InChI=1S/C25H32Cl2N2O2/c1-6-22(24(31)28-5)29(16-18-10-13-20(26)15-21(18)27)23(30)14-9-17-7-11-19(12-8-17)25(2,3)4/h7-8,10-13,15,22H,6,9,14,16H2,1-5H3,(H,28,31)/t22-/m0/s1. The van der Waals surface area contributed by atoms with E-state index in [0.29, 0.717) is 29.3 Å². The Hall–Kier alpha value is -2.04. The number of nitrogens with zero attached hydrogens (tertiary/aromatic N) is 1. The number of benzene rings is 2. The minimum absolute atomic E-state index is 0.0821. The third kappa shape index (κ3) is 6.98. The number of halogens is 2. The molecule has 1 N–H and O–H groups in total. The van der Waals surface area contributed by atoms with Gasteiger partial charge in [0.25, 0.3) is 0 Å². The summed E-state index contributed by atoms with van der Waals surface area (Å²) in [5.41, 5.74) is 3.20. The van der Waals surface area contributed by atoms with Crippen LogP contribution in [0.1, 0.15) is 57.2 Å². The Bertz CT molecular complexity index is 905. The summed E-state index contributed by atoms with van der Waals surface area (Å²) in [6, 6.07) is 13.0. The number of nitrogens with one attached hydrogen (secondary N) is 1. The summed E-state index contributed by atoms with van der Waals surface area (Å²) in [4.78, 5) is 27.3. The SMILES string of the molecule is CC[C@@H](C(=O)NC)N(Cc1ccc(Cl)cc1Cl)C(=O)CCc1ccc(C(C)(C)C)cc1. The molecule has 0 aromatic heterocycles. The predicted molar refractivity (Wildman–Crippen MR) is 129 cm³/mol. The van der Waals surface area contributed by atoms with Gasteiger partial charge in [-0.2, -0.15) is 0 Å². The molecule has 6 heteroatoms. The summed E-state index contributed by atoms with van der Waals surface area (Å²) in [5.74, 6) is -0.267. The molecule has 0 radical (unpaired) electrons. The Morgan fingerprint density at radius 1 is 1.06 bits per heavy atom. The number of hydrogen-bond donors (Lipinski definition) is 1. The zero-order valence-corrected chi connectivity index (χ0v) is 20.5. The average molecular weight is 463 g/mol. The molecule has 4 nitrogen and oxygen atoms in total. The molecule has 0 spiro atoms. The number of amides is 2. The fourth-order valence-corrected chi connectivity index (χ4v) is 3.95. The largest absolute Gasteiger partial charge is 0.357 e. The normalized spacial score (nSPS) is 12.4. The molecule has 2 amide bonds. The van der Waals surface area contributed by atoms with E-state index in [1.165, 1.54) is 5.56 Å². The molecule has 2 rings (SSSR count). The number of rotatable bonds is 8. The lowest BCUT2D eigenvalue weighted by Crippen LogP contribution is -2.48. The number of carbonyl (C=O) groups is 2. The van der Waals surface area contributed by atoms with E-state index in [0.717, 1.165) is 11.1 Å². The van der Waals surface area contributed by atoms with Gasteiger partial charge in [0.05, 0.1) is 0 Å². The van der Waals surface area contributed by atoms with Crippen LogP contribution in [0.2, 0.25) is 10.0 Å². The van der Waals surface area contributed by atoms with Crippen molar-refractivity contribution in [3.05, 3.63) is 69.2 Å². The zero-order valence-electron chi connectivity index (χ0n) is 19.0. The quantitative estimate of drug-likeness (QED) is 0.540. The van der Waals surface area contributed by atoms with Gasteiger partial charge in [-0.1, -0.05) is 81.2 Å². The van der Waals surface area contributed by atoms with E-state index >= 15 is 0 Å². The highest BCUT2D eigenvalue weighted by Crippen LogP contribution is 2.25. The highest BCUT2D eigenvalue weighted by atomic mass is 35.5. The lowest BCUT2D eigenvalue weighted by atomic mass is 9.86. The van der Waals surface area contributed by atoms with Crippen LogP contribution in [0.5, 0.6) is 0 Å². The van der Waals surface area contributed by atoms with Crippen LogP contribution in [0.3, 0.4) is 0 Å². The molecule has 31 heavy (non-hydrogen) atoms. The van der Waals surface area contributed by atoms with E-state index < -0.39 is 6.04 Å². The summed E-state index contributed by atoms with van der Waals surface area (Å²) >= 11 is 12.3. The molecule has 0 bridgehead atoms. The summed E-state index contributed by atoms with van der Waals surface area (Å²) < 4.78 is 0. The Morgan fingerprint density at radius 3 is 2.23 bits per heavy atom. The van der Waals surface area contributed by atoms with Crippen LogP contribution in [0.15, 0.2) is 42.5 Å². The Kier molecular flexibility index (Phi) is 8.96. The van der Waals surface area contributed by atoms with Crippen molar-refractivity contribution in [1.82, 2.24) is 10.2 Å². The van der Waals surface area contributed by atoms with Crippen molar-refractivity contribution in [3.63, 3.8) is 0 Å². The Labute approximate surface area is 195 Å². The van der Waals surface area contributed by atoms with Crippen LogP contribution in [-0.2, 0) is 28.0 Å². The van der Waals surface area contributed by atoms with Crippen molar-refractivity contribution in [2.45, 2.75) is 65.0 Å². The summed E-state index contributed by atoms with van der Waals surface area (Å²) in [6.45, 7) is 8.68. The van der Waals surface area contributed by atoms with Crippen molar-refractivity contribution in [3.8, 4) is 0 Å². The van der Waals surface area contributed by atoms with Gasteiger partial charge < -0.3 is 10.2 Å². The monoisotopic (exact) mass is 462 g/mol. The van der Waals surface area contributed by atoms with Crippen LogP contribution in [0.4, 0.5) is 0 Å². The molecular weight excluding hydrogens is 431 g/mol. The van der Waals surface area contributed by atoms with E-state index in [-0.39, 0.29) is 23.8 Å². The first-order chi connectivity index (χ1) is 14.6. The van der Waals surface area contributed by atoms with E-state index in [2.05, 4.69) is 50.4 Å². The van der Waals surface area contributed by atoms with Crippen molar-refractivity contribution in [1.29, 1.82) is 0 Å². The Balaban J connectivity index is 2.20. The first kappa shape index (κ1) is 25.2. The molecule has 0 heterocycles. The van der Waals surface area contributed by atoms with Gasteiger partial charge in [0.1, 0.15) is 6.04 Å². The molecule has 168 valence electrons. The number of hydrogen-bond acceptors (Lipinski definition) is 2. The third-order valence-electron chi connectivity index (χ3n) is 5.44. The molecule has 0 aliphatic heterocycles. The van der Waals surface area contributed by atoms with Crippen molar-refractivity contribution < 1.29 is 9.59 Å². The number of aryl methyl sites for hydroxylation is 1. The van der Waals surface area contributed by atoms with Gasteiger partial charge in [-0.3, -0.25) is 9.59 Å². The average Bonchev–Trinajstić information content (AvgIpc) is 2.72. The van der Waals surface area contributed by atoms with Gasteiger partial charge >= 0.3 is 0 Å². The fourth-order valence-electron chi connectivity index (χ4n) is 3.49. The minimum Gasteiger partial charge on any atom is -0.357 e. The van der Waals surface area contributed by atoms with E-state index in [9.17, 15) is 9.59 Å². The molecular formula is C25H32Cl2N2O2. The van der Waals surface area contributed by atoms with Gasteiger partial charge in [0, 0.05) is 30.1 Å². The highest BCUT2D eigenvalue weighted by molar-refractivity contribution is 6.35. The lowest BCUT2D eigenvalue weighted by molar-refractivity contribution is -0.141. The van der Waals surface area contributed by atoms with Gasteiger partial charge in [0.15, 0.2) is 0 Å². The molecule has 0 fully saturated rings. The first-order valence-electron chi connectivity index (χ1n) is 10.6. The molecule has 1 atom stereocenters. The number of likely N-dealkylation sites (N-methyl/N-ethyl adjacent to an activating group) is 1. The molecule has 0 saturated carbocycles. The molecule has 2 aromatic rings. The van der Waals surface area contributed by atoms with Crippen molar-refractivity contribution in [2.24, 2.45) is 0 Å². The lowest BCUT2D eigenvalue weighted by Gasteiger charge is -2.30. The van der Waals surface area contributed by atoms with Crippen LogP contribution >= 0.6 is 23.2 Å². The second-order valence-electron chi connectivity index (χ2n) is 8.74. The molecule has 0 saturated heterocycles. The first-order valence-corrected chi connectivity index (χ1v) is 11.4. The second-order valence-corrected chi connectivity index (χ2v) is 9.59. The maximum Gasteiger partial charge on any atom is 0.242 e. The molecule has 0 aliphatic rings. The van der Waals surface area contributed by atoms with Gasteiger partial charge in [0.2, 0.25) is 11.8 Å². The van der Waals surface area contributed by atoms with Crippen LogP contribution in [0, 0.1) is 0 Å². The molecule has 0 unspecified atom stereocenters. The highest BCUT2D eigenvalue weighted by Gasteiger charge is 2.28. The predicted octanol–water partition coefficient (Wildman–Crippen LogP) is 5.78. The summed E-state index contributed by atoms with van der Waals surface area (Å²) in [5, 5.41) is 3.68. The topological polar surface area (TPSA) is 49.4 Å².